The molecule has 0 radical (unpaired) electrons. The molecule has 1 heterocycles. The van der Waals surface area contributed by atoms with Crippen LogP contribution in [0.25, 0.3) is 10.2 Å². The van der Waals surface area contributed by atoms with Gasteiger partial charge in [-0.2, -0.15) is 0 Å². The summed E-state index contributed by atoms with van der Waals surface area (Å²) < 4.78 is 6.18. The Morgan fingerprint density at radius 1 is 1.42 bits per heavy atom. The number of fused-ring (bicyclic) bond motifs is 1. The third kappa shape index (κ3) is 3.67. The lowest BCUT2D eigenvalue weighted by atomic mass is 9.93. The van der Waals surface area contributed by atoms with Gasteiger partial charge in [0.15, 0.2) is 5.13 Å². The van der Waals surface area contributed by atoms with Crippen molar-refractivity contribution in [2.75, 3.05) is 12.3 Å². The molecule has 0 aliphatic heterocycles. The molecule has 102 valence electrons. The van der Waals surface area contributed by atoms with Crippen molar-refractivity contribution in [3.63, 3.8) is 0 Å². The fourth-order valence-corrected chi connectivity index (χ4v) is 2.38. The van der Waals surface area contributed by atoms with E-state index in [0.717, 1.165) is 16.6 Å². The first-order valence-corrected chi connectivity index (χ1v) is 7.00. The lowest BCUT2D eigenvalue weighted by Crippen LogP contribution is -2.13. The number of hydrogen-bond acceptors (Lipinski definition) is 5. The maximum atomic E-state index is 11.9. The van der Waals surface area contributed by atoms with Crippen molar-refractivity contribution in [3.05, 3.63) is 23.8 Å². The fourth-order valence-electron chi connectivity index (χ4n) is 1.60. The van der Waals surface area contributed by atoms with E-state index in [2.05, 4.69) is 25.8 Å². The number of carbonyl (C=O) groups excluding carboxylic acids is 1. The molecule has 1 aromatic carbocycles. The number of nitrogens with zero attached hydrogens (tertiary/aromatic N) is 1. The van der Waals surface area contributed by atoms with Crippen molar-refractivity contribution < 1.29 is 9.53 Å². The van der Waals surface area contributed by atoms with Crippen molar-refractivity contribution in [2.24, 2.45) is 5.41 Å². The molecule has 0 spiro atoms. The number of nitrogen functional groups attached to an aromatic ring is 1. The van der Waals surface area contributed by atoms with Gasteiger partial charge in [0, 0.05) is 0 Å². The maximum Gasteiger partial charge on any atom is 0.338 e. The first-order chi connectivity index (χ1) is 8.85. The van der Waals surface area contributed by atoms with E-state index < -0.39 is 0 Å². The van der Waals surface area contributed by atoms with Crippen LogP contribution in [0.1, 0.15) is 37.6 Å². The van der Waals surface area contributed by atoms with Gasteiger partial charge in [-0.1, -0.05) is 32.1 Å². The van der Waals surface area contributed by atoms with Crippen LogP contribution in [0.15, 0.2) is 18.2 Å². The molecule has 2 aromatic rings. The zero-order valence-corrected chi connectivity index (χ0v) is 12.2. The van der Waals surface area contributed by atoms with Gasteiger partial charge in [0.1, 0.15) is 0 Å². The normalized spacial score (nSPS) is 11.7. The second-order valence-electron chi connectivity index (χ2n) is 5.68. The third-order valence-electron chi connectivity index (χ3n) is 2.73. The topological polar surface area (TPSA) is 65.2 Å². The van der Waals surface area contributed by atoms with Crippen molar-refractivity contribution in [1.82, 2.24) is 4.98 Å². The number of anilines is 1. The van der Waals surface area contributed by atoms with Crippen LogP contribution in [0.5, 0.6) is 0 Å². The molecular formula is C14H18N2O2S. The van der Waals surface area contributed by atoms with E-state index in [4.69, 9.17) is 10.5 Å². The first kappa shape index (κ1) is 13.8. The Balaban J connectivity index is 2.04. The molecule has 4 nitrogen and oxygen atoms in total. The number of thiazole rings is 1. The molecule has 19 heavy (non-hydrogen) atoms. The molecule has 2 N–H and O–H groups in total. The van der Waals surface area contributed by atoms with Crippen LogP contribution in [0.3, 0.4) is 0 Å². The molecule has 0 aliphatic rings. The van der Waals surface area contributed by atoms with Gasteiger partial charge in [-0.15, -0.1) is 0 Å². The molecule has 0 saturated heterocycles. The van der Waals surface area contributed by atoms with E-state index in [1.165, 1.54) is 11.3 Å². The summed E-state index contributed by atoms with van der Waals surface area (Å²) in [5, 5.41) is 0.508. The Morgan fingerprint density at radius 3 is 2.84 bits per heavy atom. The van der Waals surface area contributed by atoms with E-state index in [1.807, 2.05) is 0 Å². The van der Waals surface area contributed by atoms with Crippen molar-refractivity contribution in [1.29, 1.82) is 0 Å². The SMILES string of the molecule is CC(C)(C)CCOC(=O)c1ccc2nc(N)sc2c1. The van der Waals surface area contributed by atoms with Gasteiger partial charge in [-0.05, 0) is 30.0 Å². The van der Waals surface area contributed by atoms with Crippen LogP contribution in [0.2, 0.25) is 0 Å². The van der Waals surface area contributed by atoms with Crippen molar-refractivity contribution in [3.8, 4) is 0 Å². The molecular weight excluding hydrogens is 260 g/mol. The van der Waals surface area contributed by atoms with E-state index in [1.54, 1.807) is 18.2 Å². The van der Waals surface area contributed by atoms with Crippen LogP contribution < -0.4 is 5.73 Å². The second kappa shape index (κ2) is 5.17. The highest BCUT2D eigenvalue weighted by Crippen LogP contribution is 2.25. The quantitative estimate of drug-likeness (QED) is 0.873. The van der Waals surface area contributed by atoms with Crippen LogP contribution in [0, 0.1) is 5.41 Å². The predicted molar refractivity (Wildman–Crippen MR) is 78.4 cm³/mol. The van der Waals surface area contributed by atoms with Gasteiger partial charge in [0.2, 0.25) is 0 Å². The average molecular weight is 278 g/mol. The number of hydrogen-bond donors (Lipinski definition) is 1. The molecule has 0 bridgehead atoms. The second-order valence-corrected chi connectivity index (χ2v) is 6.74. The Kier molecular flexibility index (Phi) is 3.75. The lowest BCUT2D eigenvalue weighted by molar-refractivity contribution is 0.0465. The molecule has 5 heteroatoms. The van der Waals surface area contributed by atoms with Crippen LogP contribution in [0.4, 0.5) is 5.13 Å². The van der Waals surface area contributed by atoms with Crippen LogP contribution in [-0.2, 0) is 4.74 Å². The van der Waals surface area contributed by atoms with E-state index in [-0.39, 0.29) is 11.4 Å². The Hall–Kier alpha value is -1.62. The van der Waals surface area contributed by atoms with E-state index in [0.29, 0.717) is 17.3 Å². The number of ether oxygens (including phenoxy) is 1. The summed E-state index contributed by atoms with van der Waals surface area (Å²) in [5.41, 5.74) is 7.16. The minimum atomic E-state index is -0.293. The third-order valence-corrected chi connectivity index (χ3v) is 3.57. The van der Waals surface area contributed by atoms with Crippen LogP contribution >= 0.6 is 11.3 Å². The smallest absolute Gasteiger partial charge is 0.338 e. The highest BCUT2D eigenvalue weighted by molar-refractivity contribution is 7.22. The fraction of sp³-hybridized carbons (Fsp3) is 0.429. The van der Waals surface area contributed by atoms with Gasteiger partial charge >= 0.3 is 5.97 Å². The zero-order valence-electron chi connectivity index (χ0n) is 11.4. The summed E-state index contributed by atoms with van der Waals surface area (Å²) in [6.07, 6.45) is 0.842. The molecule has 0 unspecified atom stereocenters. The molecule has 0 amide bonds. The monoisotopic (exact) mass is 278 g/mol. The summed E-state index contributed by atoms with van der Waals surface area (Å²) in [6.45, 7) is 6.79. The minimum Gasteiger partial charge on any atom is -0.462 e. The molecule has 0 fully saturated rings. The number of benzene rings is 1. The van der Waals surface area contributed by atoms with Gasteiger partial charge in [-0.3, -0.25) is 0 Å². The summed E-state index contributed by atoms with van der Waals surface area (Å²) >= 11 is 1.37. The highest BCUT2D eigenvalue weighted by Gasteiger charge is 2.13. The lowest BCUT2D eigenvalue weighted by Gasteiger charge is -2.17. The number of nitrogens with two attached hydrogens (primary N) is 1. The van der Waals surface area contributed by atoms with Gasteiger partial charge < -0.3 is 10.5 Å². The molecule has 1 aromatic heterocycles. The standard InChI is InChI=1S/C14H18N2O2S/c1-14(2,3)6-7-18-12(17)9-4-5-10-11(8-9)19-13(15)16-10/h4-5,8H,6-7H2,1-3H3,(H2,15,16). The molecule has 0 saturated carbocycles. The molecule has 0 aliphatic carbocycles. The summed E-state index contributed by atoms with van der Waals surface area (Å²) in [6, 6.07) is 5.30. The van der Waals surface area contributed by atoms with E-state index >= 15 is 0 Å². The molecule has 0 atom stereocenters. The number of esters is 1. The molecule has 2 rings (SSSR count). The summed E-state index contributed by atoms with van der Waals surface area (Å²) in [4.78, 5) is 16.1. The van der Waals surface area contributed by atoms with E-state index in [9.17, 15) is 4.79 Å². The largest absolute Gasteiger partial charge is 0.462 e. The van der Waals surface area contributed by atoms with Gasteiger partial charge in [-0.25, -0.2) is 9.78 Å². The van der Waals surface area contributed by atoms with Crippen LogP contribution in [-0.4, -0.2) is 17.6 Å². The van der Waals surface area contributed by atoms with Gasteiger partial charge in [0.25, 0.3) is 0 Å². The summed E-state index contributed by atoms with van der Waals surface area (Å²) in [5.74, 6) is -0.293. The van der Waals surface area contributed by atoms with Crippen molar-refractivity contribution >= 4 is 32.7 Å². The average Bonchev–Trinajstić information content (AvgIpc) is 2.65. The Morgan fingerprint density at radius 2 is 2.16 bits per heavy atom. The predicted octanol–water partition coefficient (Wildman–Crippen LogP) is 3.47. The zero-order chi connectivity index (χ0) is 14.0. The maximum absolute atomic E-state index is 11.9. The minimum absolute atomic E-state index is 0.163. The number of rotatable bonds is 3. The summed E-state index contributed by atoms with van der Waals surface area (Å²) in [7, 11) is 0. The number of carbonyl (C=O) groups is 1. The Labute approximate surface area is 116 Å². The Bertz CT molecular complexity index is 599. The highest BCUT2D eigenvalue weighted by atomic mass is 32.1. The first-order valence-electron chi connectivity index (χ1n) is 6.18. The number of aromatic nitrogens is 1. The van der Waals surface area contributed by atoms with Crippen molar-refractivity contribution in [2.45, 2.75) is 27.2 Å². The van der Waals surface area contributed by atoms with Gasteiger partial charge in [0.05, 0.1) is 22.4 Å².